The number of piperazine rings is 1. The molecule has 3 aromatic heterocycles. The van der Waals surface area contributed by atoms with Crippen molar-refractivity contribution < 1.29 is 14.3 Å². The molecule has 41 heavy (non-hydrogen) atoms. The minimum absolute atomic E-state index is 0.0286. The third-order valence-electron chi connectivity index (χ3n) is 7.31. The summed E-state index contributed by atoms with van der Waals surface area (Å²) in [5.74, 6) is -0.510. The van der Waals surface area contributed by atoms with Gasteiger partial charge in [0, 0.05) is 31.4 Å². The Balaban J connectivity index is 1.82. The van der Waals surface area contributed by atoms with E-state index in [1.54, 1.807) is 46.3 Å². The maximum atomic E-state index is 14.9. The number of hydrogen-bond acceptors (Lipinski definition) is 7. The molecule has 4 heterocycles. The molecule has 1 amide bonds. The number of fused-ring (bicyclic) bond motifs is 1. The van der Waals surface area contributed by atoms with Gasteiger partial charge >= 0.3 is 5.69 Å². The van der Waals surface area contributed by atoms with Crippen molar-refractivity contribution in [2.24, 2.45) is 0 Å². The molecular formula is C30H30ClFN6O3. The number of benzene rings is 1. The highest BCUT2D eigenvalue weighted by atomic mass is 35.5. The number of anilines is 1. The van der Waals surface area contributed by atoms with E-state index in [0.717, 1.165) is 5.56 Å². The van der Waals surface area contributed by atoms with Crippen molar-refractivity contribution in [1.29, 1.82) is 0 Å². The zero-order chi connectivity index (χ0) is 29.4. The number of aliphatic hydroxyl groups excluding tert-OH is 1. The average molecular weight is 577 g/mol. The van der Waals surface area contributed by atoms with Gasteiger partial charge in [-0.2, -0.15) is 4.98 Å². The fraction of sp³-hybridized carbons (Fsp3) is 0.300. The van der Waals surface area contributed by atoms with Gasteiger partial charge in [0.1, 0.15) is 11.6 Å². The first-order chi connectivity index (χ1) is 19.7. The van der Waals surface area contributed by atoms with Crippen molar-refractivity contribution in [2.45, 2.75) is 32.7 Å². The van der Waals surface area contributed by atoms with E-state index < -0.39 is 17.5 Å². The number of carbonyl (C=O) groups excluding carboxylic acids is 1. The van der Waals surface area contributed by atoms with Gasteiger partial charge in [0.25, 0.3) is 0 Å². The Bertz CT molecular complexity index is 1720. The first-order valence-electron chi connectivity index (χ1n) is 13.3. The molecular weight excluding hydrogens is 547 g/mol. The Morgan fingerprint density at radius 2 is 2.00 bits per heavy atom. The maximum Gasteiger partial charge on any atom is 0.355 e. The van der Waals surface area contributed by atoms with Crippen LogP contribution in [0.2, 0.25) is 5.02 Å². The van der Waals surface area contributed by atoms with Crippen molar-refractivity contribution in [3.05, 3.63) is 87.8 Å². The zero-order valence-electron chi connectivity index (χ0n) is 23.0. The predicted octanol–water partition coefficient (Wildman–Crippen LogP) is 4.26. The monoisotopic (exact) mass is 576 g/mol. The van der Waals surface area contributed by atoms with Gasteiger partial charge in [-0.05, 0) is 48.7 Å². The number of nitrogens with zero attached hydrogens (tertiary/aromatic N) is 6. The summed E-state index contributed by atoms with van der Waals surface area (Å²) < 4.78 is 16.3. The molecule has 1 saturated heterocycles. The predicted molar refractivity (Wildman–Crippen MR) is 157 cm³/mol. The summed E-state index contributed by atoms with van der Waals surface area (Å²) in [5.41, 5.74) is 1.99. The molecule has 1 N–H and O–H groups in total. The Morgan fingerprint density at radius 1 is 1.24 bits per heavy atom. The Labute approximate surface area is 241 Å². The van der Waals surface area contributed by atoms with Crippen LogP contribution in [-0.4, -0.2) is 67.7 Å². The van der Waals surface area contributed by atoms with E-state index in [2.05, 4.69) is 16.5 Å². The van der Waals surface area contributed by atoms with E-state index in [9.17, 15) is 19.1 Å². The molecule has 1 aromatic carbocycles. The van der Waals surface area contributed by atoms with Crippen LogP contribution in [0.15, 0.2) is 60.0 Å². The van der Waals surface area contributed by atoms with Gasteiger partial charge in [-0.15, -0.1) is 0 Å². The highest BCUT2D eigenvalue weighted by molar-refractivity contribution is 6.33. The lowest BCUT2D eigenvalue weighted by atomic mass is 10.0. The second-order valence-electron chi connectivity index (χ2n) is 10.3. The number of aliphatic hydroxyl groups is 1. The summed E-state index contributed by atoms with van der Waals surface area (Å²) in [6.45, 7) is 9.93. The minimum Gasteiger partial charge on any atom is -0.394 e. The number of hydrogen-bond donors (Lipinski definition) is 1. The van der Waals surface area contributed by atoms with Gasteiger partial charge in [-0.25, -0.2) is 18.7 Å². The molecule has 0 aliphatic carbocycles. The van der Waals surface area contributed by atoms with Crippen LogP contribution in [0.1, 0.15) is 31.0 Å². The zero-order valence-corrected chi connectivity index (χ0v) is 23.8. The van der Waals surface area contributed by atoms with Crippen LogP contribution in [-0.2, 0) is 4.79 Å². The van der Waals surface area contributed by atoms with Gasteiger partial charge in [0.05, 0.1) is 40.1 Å². The fourth-order valence-electron chi connectivity index (χ4n) is 5.27. The molecule has 1 aliphatic heterocycles. The summed E-state index contributed by atoms with van der Waals surface area (Å²) >= 11 is 6.74. The number of aryl methyl sites for hydroxylation is 1. The molecule has 1 aliphatic rings. The molecule has 212 valence electrons. The Kier molecular flexibility index (Phi) is 7.88. The Morgan fingerprint density at radius 3 is 2.68 bits per heavy atom. The van der Waals surface area contributed by atoms with Crippen molar-refractivity contribution in [3.63, 3.8) is 0 Å². The van der Waals surface area contributed by atoms with Crippen LogP contribution >= 0.6 is 11.6 Å². The number of carbonyl (C=O) groups is 1. The first kappa shape index (κ1) is 28.4. The summed E-state index contributed by atoms with van der Waals surface area (Å²) in [6.07, 6.45) is 2.92. The van der Waals surface area contributed by atoms with Gasteiger partial charge in [-0.3, -0.25) is 9.78 Å². The number of halogens is 2. The van der Waals surface area contributed by atoms with Crippen LogP contribution in [0.3, 0.4) is 0 Å². The topological polar surface area (TPSA) is 104 Å². The maximum absolute atomic E-state index is 14.9. The normalized spacial score (nSPS) is 15.5. The summed E-state index contributed by atoms with van der Waals surface area (Å²) in [7, 11) is 0. The molecule has 0 spiro atoms. The molecule has 1 atom stereocenters. The molecule has 5 rings (SSSR count). The molecule has 0 bridgehead atoms. The van der Waals surface area contributed by atoms with Crippen LogP contribution < -0.4 is 10.6 Å². The van der Waals surface area contributed by atoms with Crippen LogP contribution in [0.5, 0.6) is 0 Å². The lowest BCUT2D eigenvalue weighted by Crippen LogP contribution is -2.56. The number of aromatic nitrogens is 4. The molecule has 1 fully saturated rings. The van der Waals surface area contributed by atoms with Crippen LogP contribution in [0.25, 0.3) is 28.0 Å². The largest absolute Gasteiger partial charge is 0.394 e. The van der Waals surface area contributed by atoms with Crippen LogP contribution in [0, 0.1) is 12.7 Å². The highest BCUT2D eigenvalue weighted by Gasteiger charge is 2.32. The van der Waals surface area contributed by atoms with E-state index in [-0.39, 0.29) is 52.7 Å². The van der Waals surface area contributed by atoms with E-state index in [1.165, 1.54) is 16.7 Å². The van der Waals surface area contributed by atoms with Gasteiger partial charge < -0.3 is 14.9 Å². The summed E-state index contributed by atoms with van der Waals surface area (Å²) in [5, 5.41) is 10.9. The van der Waals surface area contributed by atoms with Crippen molar-refractivity contribution in [2.75, 3.05) is 31.1 Å². The highest BCUT2D eigenvalue weighted by Crippen LogP contribution is 2.36. The van der Waals surface area contributed by atoms with Gasteiger partial charge in [-0.1, -0.05) is 44.2 Å². The smallest absolute Gasteiger partial charge is 0.355 e. The van der Waals surface area contributed by atoms with E-state index in [1.807, 2.05) is 20.8 Å². The van der Waals surface area contributed by atoms with E-state index in [0.29, 0.717) is 29.9 Å². The fourth-order valence-corrected chi connectivity index (χ4v) is 5.53. The van der Waals surface area contributed by atoms with E-state index in [4.69, 9.17) is 16.6 Å². The van der Waals surface area contributed by atoms with Gasteiger partial charge in [0.15, 0.2) is 5.65 Å². The molecule has 0 unspecified atom stereocenters. The van der Waals surface area contributed by atoms with Gasteiger partial charge in [0.2, 0.25) is 5.91 Å². The lowest BCUT2D eigenvalue weighted by Gasteiger charge is -2.41. The number of amides is 1. The lowest BCUT2D eigenvalue weighted by molar-refractivity contribution is -0.126. The van der Waals surface area contributed by atoms with Crippen molar-refractivity contribution in [1.82, 2.24) is 24.4 Å². The van der Waals surface area contributed by atoms with Crippen molar-refractivity contribution >= 4 is 34.4 Å². The standard InChI is InChI=1S/C30H30ClFN6O3/c1-5-24(40)36-12-13-37(19(15-36)16-39)28-21-14-22(31)26(20-8-6-7-9-23(20)32)34-29(21)38(30(41)35-28)27-18(4)10-11-33-25(27)17(2)3/h5-11,14,17,19,39H,1,12-13,15-16H2,2-4H3/t19-/m0/s1. The molecule has 9 nitrogen and oxygen atoms in total. The van der Waals surface area contributed by atoms with E-state index >= 15 is 0 Å². The van der Waals surface area contributed by atoms with Crippen molar-refractivity contribution in [3.8, 4) is 16.9 Å². The number of rotatable bonds is 6. The number of pyridine rings is 2. The third kappa shape index (κ3) is 5.09. The third-order valence-corrected chi connectivity index (χ3v) is 7.60. The molecule has 0 radical (unpaired) electrons. The average Bonchev–Trinajstić information content (AvgIpc) is 2.96. The first-order valence-corrected chi connectivity index (χ1v) is 13.7. The Hall–Kier alpha value is -4.15. The second kappa shape index (κ2) is 11.4. The molecule has 0 saturated carbocycles. The summed E-state index contributed by atoms with van der Waals surface area (Å²) in [4.78, 5) is 43.5. The quantitative estimate of drug-likeness (QED) is 0.342. The summed E-state index contributed by atoms with van der Waals surface area (Å²) in [6, 6.07) is 9.04. The minimum atomic E-state index is -0.610. The second-order valence-corrected chi connectivity index (χ2v) is 10.7. The molecule has 11 heteroatoms. The van der Waals surface area contributed by atoms with Crippen LogP contribution in [0.4, 0.5) is 10.2 Å². The SMILES string of the molecule is C=CC(=O)N1CCN(c2nc(=O)n(-c3c(C)ccnc3C(C)C)c3nc(-c4ccccc4F)c(Cl)cc23)[C@H](CO)C1. The molecule has 4 aromatic rings.